The van der Waals surface area contributed by atoms with Gasteiger partial charge in [-0.2, -0.15) is 0 Å². The third kappa shape index (κ3) is 9.83. The number of hydrogen-bond acceptors (Lipinski definition) is 4. The molecule has 0 bridgehead atoms. The average Bonchev–Trinajstić information content (AvgIpc) is 2.26. The fraction of sp³-hybridized carbons (Fsp3) is 0.727. The second-order valence-corrected chi connectivity index (χ2v) is 4.47. The Bertz CT molecular complexity index is 320. The molecule has 0 saturated heterocycles. The quantitative estimate of drug-likeness (QED) is 0.399. The van der Waals surface area contributed by atoms with Gasteiger partial charge in [0.05, 0.1) is 6.42 Å². The average molecular weight is 274 g/mol. The number of aliphatic carboxylic acids is 1. The lowest BCUT2D eigenvalue weighted by Crippen LogP contribution is -2.47. The molecule has 8 heteroatoms. The van der Waals surface area contributed by atoms with E-state index >= 15 is 0 Å². The van der Waals surface area contributed by atoms with Crippen LogP contribution in [0.2, 0.25) is 0 Å². The van der Waals surface area contributed by atoms with Crippen molar-refractivity contribution in [2.45, 2.75) is 25.3 Å². The summed E-state index contributed by atoms with van der Waals surface area (Å²) in [4.78, 5) is 34.8. The first-order valence-corrected chi connectivity index (χ1v) is 6.03. The highest BCUT2D eigenvalue weighted by atomic mass is 16.4. The molecule has 0 aliphatic rings. The van der Waals surface area contributed by atoms with Crippen molar-refractivity contribution in [2.75, 3.05) is 27.2 Å². The summed E-state index contributed by atoms with van der Waals surface area (Å²) in [5.74, 6) is -2.07. The lowest BCUT2D eigenvalue weighted by molar-refractivity contribution is -0.140. The minimum Gasteiger partial charge on any atom is -0.480 e. The normalized spacial score (nSPS) is 11.9. The number of carbonyl (C=O) groups excluding carboxylic acids is 2. The molecule has 0 aromatic rings. The molecule has 1 atom stereocenters. The van der Waals surface area contributed by atoms with Gasteiger partial charge in [0.2, 0.25) is 5.91 Å². The van der Waals surface area contributed by atoms with Crippen molar-refractivity contribution < 1.29 is 19.5 Å². The number of nitrogens with one attached hydrogen (secondary N) is 2. The molecule has 0 saturated carbocycles. The molecule has 0 aromatic heterocycles. The predicted octanol–water partition coefficient (Wildman–Crippen LogP) is -1.04. The maximum Gasteiger partial charge on any atom is 0.326 e. The zero-order valence-electron chi connectivity index (χ0n) is 11.3. The number of carbonyl (C=O) groups is 3. The number of carboxylic acid groups (broad SMARTS) is 1. The summed E-state index contributed by atoms with van der Waals surface area (Å²) >= 11 is 0. The molecular formula is C11H22N4O4. The van der Waals surface area contributed by atoms with Gasteiger partial charge >= 0.3 is 12.0 Å². The first-order chi connectivity index (χ1) is 8.82. The Morgan fingerprint density at radius 3 is 2.37 bits per heavy atom. The lowest BCUT2D eigenvalue weighted by Gasteiger charge is -2.14. The van der Waals surface area contributed by atoms with Crippen molar-refractivity contribution in [2.24, 2.45) is 5.73 Å². The molecule has 110 valence electrons. The Morgan fingerprint density at radius 1 is 1.26 bits per heavy atom. The number of carboxylic acids is 1. The highest BCUT2D eigenvalue weighted by molar-refractivity contribution is 5.87. The highest BCUT2D eigenvalue weighted by Gasteiger charge is 2.21. The monoisotopic (exact) mass is 274 g/mol. The summed E-state index contributed by atoms with van der Waals surface area (Å²) in [6.07, 6.45) is 1.29. The zero-order valence-corrected chi connectivity index (χ0v) is 11.3. The van der Waals surface area contributed by atoms with Gasteiger partial charge in [0.15, 0.2) is 0 Å². The van der Waals surface area contributed by atoms with Gasteiger partial charge in [0.25, 0.3) is 0 Å². The molecule has 0 unspecified atom stereocenters. The van der Waals surface area contributed by atoms with Crippen LogP contribution < -0.4 is 16.4 Å². The highest BCUT2D eigenvalue weighted by Crippen LogP contribution is 1.92. The van der Waals surface area contributed by atoms with E-state index in [0.29, 0.717) is 6.54 Å². The Morgan fingerprint density at radius 2 is 1.89 bits per heavy atom. The van der Waals surface area contributed by atoms with E-state index < -0.39 is 30.4 Å². The SMILES string of the molecule is CN(C)CCCCNC(=O)N[C@H](CC(N)=O)C(=O)O. The summed E-state index contributed by atoms with van der Waals surface area (Å²) in [5.41, 5.74) is 4.90. The number of hydrogen-bond donors (Lipinski definition) is 4. The molecule has 0 radical (unpaired) electrons. The van der Waals surface area contributed by atoms with Gasteiger partial charge in [0, 0.05) is 6.54 Å². The van der Waals surface area contributed by atoms with Gasteiger partial charge in [-0.3, -0.25) is 4.79 Å². The fourth-order valence-corrected chi connectivity index (χ4v) is 1.37. The van der Waals surface area contributed by atoms with E-state index in [2.05, 4.69) is 10.6 Å². The molecular weight excluding hydrogens is 252 g/mol. The summed E-state index contributed by atoms with van der Waals surface area (Å²) in [5, 5.41) is 13.5. The van der Waals surface area contributed by atoms with Gasteiger partial charge in [0.1, 0.15) is 6.04 Å². The van der Waals surface area contributed by atoms with Gasteiger partial charge in [-0.05, 0) is 33.5 Å². The Balaban J connectivity index is 3.87. The van der Waals surface area contributed by atoms with Crippen LogP contribution in [0.15, 0.2) is 0 Å². The Kier molecular flexibility index (Phi) is 8.27. The summed E-state index contributed by atoms with van der Waals surface area (Å²) in [6.45, 7) is 1.37. The van der Waals surface area contributed by atoms with E-state index in [1.54, 1.807) is 0 Å². The third-order valence-corrected chi connectivity index (χ3v) is 2.33. The number of rotatable bonds is 9. The largest absolute Gasteiger partial charge is 0.480 e. The first kappa shape index (κ1) is 17.2. The van der Waals surface area contributed by atoms with E-state index in [-0.39, 0.29) is 0 Å². The smallest absolute Gasteiger partial charge is 0.326 e. The fourth-order valence-electron chi connectivity index (χ4n) is 1.37. The van der Waals surface area contributed by atoms with Gasteiger partial charge in [-0.1, -0.05) is 0 Å². The Hall–Kier alpha value is -1.83. The van der Waals surface area contributed by atoms with Crippen molar-refractivity contribution in [3.8, 4) is 0 Å². The third-order valence-electron chi connectivity index (χ3n) is 2.33. The summed E-state index contributed by atoms with van der Waals surface area (Å²) in [6, 6.07) is -1.90. The van der Waals surface area contributed by atoms with Crippen molar-refractivity contribution in [1.29, 1.82) is 0 Å². The number of primary amides is 1. The van der Waals surface area contributed by atoms with Crippen LogP contribution in [0.5, 0.6) is 0 Å². The lowest BCUT2D eigenvalue weighted by atomic mass is 10.2. The van der Waals surface area contributed by atoms with E-state index in [4.69, 9.17) is 10.8 Å². The molecule has 0 aromatic carbocycles. The maximum absolute atomic E-state index is 11.4. The molecule has 0 heterocycles. The van der Waals surface area contributed by atoms with Crippen LogP contribution >= 0.6 is 0 Å². The predicted molar refractivity (Wildman–Crippen MR) is 69.6 cm³/mol. The topological polar surface area (TPSA) is 125 Å². The minimum absolute atomic E-state index is 0.427. The number of nitrogens with zero attached hydrogens (tertiary/aromatic N) is 1. The molecule has 0 aliphatic heterocycles. The van der Waals surface area contributed by atoms with E-state index in [1.165, 1.54) is 0 Å². The van der Waals surface area contributed by atoms with Crippen molar-refractivity contribution in [3.05, 3.63) is 0 Å². The molecule has 0 fully saturated rings. The number of nitrogens with two attached hydrogens (primary N) is 1. The van der Waals surface area contributed by atoms with Crippen LogP contribution in [0.25, 0.3) is 0 Å². The second-order valence-electron chi connectivity index (χ2n) is 4.47. The maximum atomic E-state index is 11.4. The summed E-state index contributed by atoms with van der Waals surface area (Å²) in [7, 11) is 3.92. The molecule has 0 rings (SSSR count). The van der Waals surface area contributed by atoms with Crippen LogP contribution in [-0.4, -0.2) is 61.1 Å². The van der Waals surface area contributed by atoms with E-state index in [9.17, 15) is 14.4 Å². The van der Waals surface area contributed by atoms with Gasteiger partial charge < -0.3 is 26.4 Å². The molecule has 19 heavy (non-hydrogen) atoms. The molecule has 3 amide bonds. The number of unbranched alkanes of at least 4 members (excludes halogenated alkanes) is 1. The van der Waals surface area contributed by atoms with Crippen LogP contribution in [-0.2, 0) is 9.59 Å². The first-order valence-electron chi connectivity index (χ1n) is 6.03. The molecule has 0 aliphatic carbocycles. The molecule has 5 N–H and O–H groups in total. The van der Waals surface area contributed by atoms with Crippen LogP contribution in [0, 0.1) is 0 Å². The Labute approximate surface area is 112 Å². The van der Waals surface area contributed by atoms with E-state index in [0.717, 1.165) is 19.4 Å². The van der Waals surface area contributed by atoms with Gasteiger partial charge in [-0.25, -0.2) is 9.59 Å². The minimum atomic E-state index is -1.29. The number of urea groups is 1. The number of amides is 3. The van der Waals surface area contributed by atoms with Gasteiger partial charge in [-0.15, -0.1) is 0 Å². The van der Waals surface area contributed by atoms with Crippen LogP contribution in [0.3, 0.4) is 0 Å². The molecule has 8 nitrogen and oxygen atoms in total. The second kappa shape index (κ2) is 9.15. The summed E-state index contributed by atoms with van der Waals surface area (Å²) < 4.78 is 0. The van der Waals surface area contributed by atoms with E-state index in [1.807, 2.05) is 19.0 Å². The van der Waals surface area contributed by atoms with Crippen LogP contribution in [0.4, 0.5) is 4.79 Å². The zero-order chi connectivity index (χ0) is 14.8. The van der Waals surface area contributed by atoms with Crippen molar-refractivity contribution in [1.82, 2.24) is 15.5 Å². The molecule has 0 spiro atoms. The van der Waals surface area contributed by atoms with Crippen molar-refractivity contribution >= 4 is 17.9 Å². The van der Waals surface area contributed by atoms with Crippen molar-refractivity contribution in [3.63, 3.8) is 0 Å². The standard InChI is InChI=1S/C11H22N4O4/c1-15(2)6-4-3-5-13-11(19)14-8(10(17)18)7-9(12)16/h8H,3-7H2,1-2H3,(H2,12,16)(H,17,18)(H2,13,14,19)/t8-/m1/s1. The van der Waals surface area contributed by atoms with Crippen LogP contribution in [0.1, 0.15) is 19.3 Å².